The zero-order valence-electron chi connectivity index (χ0n) is 7.57. The fraction of sp³-hybridized carbons (Fsp3) is 0.778. The second kappa shape index (κ2) is 3.20. The van der Waals surface area contributed by atoms with Gasteiger partial charge in [0.25, 0.3) is 0 Å². The Morgan fingerprint density at radius 1 is 1.60 bits per heavy atom. The Labute approximate surface area is 64.3 Å². The van der Waals surface area contributed by atoms with Gasteiger partial charge in [0.15, 0.2) is 0 Å². The van der Waals surface area contributed by atoms with Crippen LogP contribution < -0.4 is 5.73 Å². The summed E-state index contributed by atoms with van der Waals surface area (Å²) in [6.45, 7) is 12.2. The average Bonchev–Trinajstić information content (AvgIpc) is 1.60. The Morgan fingerprint density at radius 3 is 2.10 bits per heavy atom. The van der Waals surface area contributed by atoms with Crippen molar-refractivity contribution in [2.45, 2.75) is 39.7 Å². The van der Waals surface area contributed by atoms with Crippen LogP contribution in [0, 0.1) is 5.92 Å². The molecule has 1 unspecified atom stereocenters. The predicted molar refractivity (Wildman–Crippen MR) is 46.9 cm³/mol. The number of hydrogen-bond donors (Lipinski definition) is 1. The minimum absolute atomic E-state index is 0.0572. The van der Waals surface area contributed by atoms with Gasteiger partial charge >= 0.3 is 0 Å². The van der Waals surface area contributed by atoms with Crippen molar-refractivity contribution >= 4 is 0 Å². The first-order valence-corrected chi connectivity index (χ1v) is 3.77. The Bertz CT molecular complexity index is 119. The second-order valence-corrected chi connectivity index (χ2v) is 3.94. The Morgan fingerprint density at radius 2 is 2.00 bits per heavy atom. The molecule has 10 heavy (non-hydrogen) atoms. The van der Waals surface area contributed by atoms with E-state index in [1.54, 1.807) is 0 Å². The molecule has 0 aliphatic rings. The third kappa shape index (κ3) is 4.57. The van der Waals surface area contributed by atoms with E-state index >= 15 is 0 Å². The van der Waals surface area contributed by atoms with Gasteiger partial charge in [0.2, 0.25) is 0 Å². The summed E-state index contributed by atoms with van der Waals surface area (Å²) in [6.07, 6.45) is 1.02. The van der Waals surface area contributed by atoms with Crippen molar-refractivity contribution in [2.75, 3.05) is 0 Å². The topological polar surface area (TPSA) is 26.0 Å². The molecule has 0 aromatic heterocycles. The molecule has 0 bridgehead atoms. The van der Waals surface area contributed by atoms with Crippen molar-refractivity contribution < 1.29 is 0 Å². The maximum Gasteiger partial charge on any atom is 0.0103 e. The maximum absolute atomic E-state index is 5.83. The summed E-state index contributed by atoms with van der Waals surface area (Å²) in [5.74, 6) is 0.542. The summed E-state index contributed by atoms with van der Waals surface area (Å²) in [6, 6.07) is 0. The van der Waals surface area contributed by atoms with Gasteiger partial charge in [-0.05, 0) is 33.1 Å². The molecule has 0 aliphatic heterocycles. The molecule has 2 N–H and O–H groups in total. The molecule has 0 radical (unpaired) electrons. The molecule has 0 fully saturated rings. The van der Waals surface area contributed by atoms with Crippen LogP contribution >= 0.6 is 0 Å². The van der Waals surface area contributed by atoms with Gasteiger partial charge < -0.3 is 5.73 Å². The normalized spacial score (nSPS) is 14.9. The molecule has 0 rings (SSSR count). The third-order valence-electron chi connectivity index (χ3n) is 1.67. The highest BCUT2D eigenvalue weighted by atomic mass is 14.7. The highest BCUT2D eigenvalue weighted by Crippen LogP contribution is 2.18. The monoisotopic (exact) mass is 141 g/mol. The van der Waals surface area contributed by atoms with Crippen molar-refractivity contribution in [1.29, 1.82) is 0 Å². The van der Waals surface area contributed by atoms with Crippen LogP contribution in [0.2, 0.25) is 0 Å². The lowest BCUT2D eigenvalue weighted by Crippen LogP contribution is -2.33. The average molecular weight is 141 g/mol. The largest absolute Gasteiger partial charge is 0.326 e. The van der Waals surface area contributed by atoms with Crippen LogP contribution in [-0.2, 0) is 0 Å². The summed E-state index contributed by atoms with van der Waals surface area (Å²) in [7, 11) is 0. The van der Waals surface area contributed by atoms with Crippen molar-refractivity contribution in [3.63, 3.8) is 0 Å². The first-order chi connectivity index (χ1) is 4.33. The highest BCUT2D eigenvalue weighted by molar-refractivity contribution is 4.96. The summed E-state index contributed by atoms with van der Waals surface area (Å²) in [5.41, 5.74) is 7.00. The minimum atomic E-state index is -0.0572. The molecule has 1 heteroatoms. The van der Waals surface area contributed by atoms with E-state index in [-0.39, 0.29) is 5.54 Å². The van der Waals surface area contributed by atoms with Crippen molar-refractivity contribution in [3.8, 4) is 0 Å². The lowest BCUT2D eigenvalue weighted by molar-refractivity contribution is 0.412. The zero-order valence-corrected chi connectivity index (χ0v) is 7.57. The number of rotatable bonds is 3. The standard InChI is InChI=1S/C9H19N/c1-7(2)8(3)6-9(4,5)10/h8H,1,6,10H2,2-5H3. The van der Waals surface area contributed by atoms with Gasteiger partial charge in [-0.15, -0.1) is 0 Å². The van der Waals surface area contributed by atoms with E-state index in [9.17, 15) is 0 Å². The molecule has 60 valence electrons. The van der Waals surface area contributed by atoms with Crippen molar-refractivity contribution in [3.05, 3.63) is 12.2 Å². The van der Waals surface area contributed by atoms with Gasteiger partial charge in [-0.3, -0.25) is 0 Å². The molecular weight excluding hydrogens is 122 g/mol. The second-order valence-electron chi connectivity index (χ2n) is 3.94. The maximum atomic E-state index is 5.83. The Kier molecular flexibility index (Phi) is 3.10. The van der Waals surface area contributed by atoms with Crippen LogP contribution in [0.5, 0.6) is 0 Å². The molecule has 0 spiro atoms. The van der Waals surface area contributed by atoms with Gasteiger partial charge in [-0.1, -0.05) is 19.1 Å². The first-order valence-electron chi connectivity index (χ1n) is 3.77. The molecule has 0 saturated carbocycles. The number of nitrogens with two attached hydrogens (primary N) is 1. The van der Waals surface area contributed by atoms with Crippen LogP contribution in [0.1, 0.15) is 34.1 Å². The van der Waals surface area contributed by atoms with Gasteiger partial charge in [-0.25, -0.2) is 0 Å². The van der Waals surface area contributed by atoms with Crippen LogP contribution in [0.15, 0.2) is 12.2 Å². The molecule has 0 aliphatic carbocycles. The van der Waals surface area contributed by atoms with Crippen LogP contribution in [0.3, 0.4) is 0 Å². The van der Waals surface area contributed by atoms with E-state index in [1.165, 1.54) is 5.57 Å². The molecule has 0 heterocycles. The molecule has 0 aromatic carbocycles. The summed E-state index contributed by atoms with van der Waals surface area (Å²) in [4.78, 5) is 0. The molecule has 1 atom stereocenters. The van der Waals surface area contributed by atoms with E-state index in [0.29, 0.717) is 5.92 Å². The summed E-state index contributed by atoms with van der Waals surface area (Å²) < 4.78 is 0. The van der Waals surface area contributed by atoms with Crippen LogP contribution in [0.4, 0.5) is 0 Å². The summed E-state index contributed by atoms with van der Waals surface area (Å²) >= 11 is 0. The van der Waals surface area contributed by atoms with E-state index in [4.69, 9.17) is 5.73 Å². The van der Waals surface area contributed by atoms with E-state index in [2.05, 4.69) is 20.4 Å². The SMILES string of the molecule is C=C(C)C(C)CC(C)(C)N. The molecule has 0 amide bonds. The highest BCUT2D eigenvalue weighted by Gasteiger charge is 2.15. The van der Waals surface area contributed by atoms with E-state index in [1.807, 2.05) is 13.8 Å². The smallest absolute Gasteiger partial charge is 0.0103 e. The van der Waals surface area contributed by atoms with Crippen molar-refractivity contribution in [2.24, 2.45) is 11.7 Å². The molecule has 0 saturated heterocycles. The summed E-state index contributed by atoms with van der Waals surface area (Å²) in [5, 5.41) is 0. The number of allylic oxidation sites excluding steroid dienone is 1. The minimum Gasteiger partial charge on any atom is -0.326 e. The van der Waals surface area contributed by atoms with E-state index in [0.717, 1.165) is 6.42 Å². The lowest BCUT2D eigenvalue weighted by atomic mass is 9.89. The number of hydrogen-bond acceptors (Lipinski definition) is 1. The molecule has 1 nitrogen and oxygen atoms in total. The Balaban J connectivity index is 3.80. The fourth-order valence-corrected chi connectivity index (χ4v) is 0.963. The molecule has 0 aromatic rings. The van der Waals surface area contributed by atoms with Crippen LogP contribution in [-0.4, -0.2) is 5.54 Å². The lowest BCUT2D eigenvalue weighted by Gasteiger charge is -2.23. The van der Waals surface area contributed by atoms with Gasteiger partial charge in [0.05, 0.1) is 0 Å². The fourth-order valence-electron chi connectivity index (χ4n) is 0.963. The third-order valence-corrected chi connectivity index (χ3v) is 1.67. The van der Waals surface area contributed by atoms with Gasteiger partial charge in [0, 0.05) is 5.54 Å². The van der Waals surface area contributed by atoms with Crippen molar-refractivity contribution in [1.82, 2.24) is 0 Å². The van der Waals surface area contributed by atoms with Gasteiger partial charge in [0.1, 0.15) is 0 Å². The van der Waals surface area contributed by atoms with E-state index < -0.39 is 0 Å². The predicted octanol–water partition coefficient (Wildman–Crippen LogP) is 2.33. The zero-order chi connectivity index (χ0) is 8.36. The first kappa shape index (κ1) is 9.70. The van der Waals surface area contributed by atoms with Crippen LogP contribution in [0.25, 0.3) is 0 Å². The van der Waals surface area contributed by atoms with Gasteiger partial charge in [-0.2, -0.15) is 0 Å². The Hall–Kier alpha value is -0.300. The quantitative estimate of drug-likeness (QED) is 0.600. The molecular formula is C9H19N.